The van der Waals surface area contributed by atoms with Gasteiger partial charge in [-0.1, -0.05) is 6.92 Å². The van der Waals surface area contributed by atoms with Crippen molar-refractivity contribution in [3.63, 3.8) is 0 Å². The summed E-state index contributed by atoms with van der Waals surface area (Å²) in [5.74, 6) is 0.891. The fourth-order valence-corrected chi connectivity index (χ4v) is 3.11. The highest BCUT2D eigenvalue weighted by Crippen LogP contribution is 2.29. The summed E-state index contributed by atoms with van der Waals surface area (Å²) < 4.78 is 5.31. The van der Waals surface area contributed by atoms with Gasteiger partial charge in [-0.05, 0) is 31.4 Å². The van der Waals surface area contributed by atoms with E-state index in [0.717, 1.165) is 25.1 Å². The van der Waals surface area contributed by atoms with Crippen molar-refractivity contribution in [3.05, 3.63) is 24.2 Å². The molecular formula is C14H18N2O3. The number of hydrogen-bond donors (Lipinski definition) is 0. The van der Waals surface area contributed by atoms with Gasteiger partial charge in [0.05, 0.1) is 12.8 Å². The Hall–Kier alpha value is -1.78. The molecule has 2 unspecified atom stereocenters. The third kappa shape index (κ3) is 1.93. The minimum Gasteiger partial charge on any atom is -0.467 e. The van der Waals surface area contributed by atoms with E-state index in [0.29, 0.717) is 13.0 Å². The van der Waals surface area contributed by atoms with Gasteiger partial charge in [0.15, 0.2) is 0 Å². The zero-order valence-corrected chi connectivity index (χ0v) is 11.0. The number of hydrogen-bond acceptors (Lipinski definition) is 3. The smallest absolute Gasteiger partial charge is 0.246 e. The molecule has 1 aromatic heterocycles. The lowest BCUT2D eigenvalue weighted by atomic mass is 10.0. The summed E-state index contributed by atoms with van der Waals surface area (Å²) >= 11 is 0. The molecule has 5 heteroatoms. The average molecular weight is 262 g/mol. The topological polar surface area (TPSA) is 53.8 Å². The van der Waals surface area contributed by atoms with E-state index >= 15 is 0 Å². The van der Waals surface area contributed by atoms with Gasteiger partial charge in [-0.2, -0.15) is 0 Å². The van der Waals surface area contributed by atoms with Crippen LogP contribution in [-0.2, 0) is 16.1 Å². The Bertz CT molecular complexity index is 483. The van der Waals surface area contributed by atoms with Gasteiger partial charge in [0.1, 0.15) is 17.8 Å². The molecule has 0 aliphatic carbocycles. The number of carbonyl (C=O) groups is 2. The van der Waals surface area contributed by atoms with Crippen LogP contribution in [0.5, 0.6) is 0 Å². The van der Waals surface area contributed by atoms with Crippen molar-refractivity contribution in [1.29, 1.82) is 0 Å². The summed E-state index contributed by atoms with van der Waals surface area (Å²) in [7, 11) is 0. The van der Waals surface area contributed by atoms with E-state index in [1.165, 1.54) is 0 Å². The van der Waals surface area contributed by atoms with Crippen molar-refractivity contribution in [2.45, 2.75) is 44.8 Å². The van der Waals surface area contributed by atoms with Gasteiger partial charge in [0.2, 0.25) is 11.8 Å². The summed E-state index contributed by atoms with van der Waals surface area (Å²) in [6, 6.07) is 3.05. The monoisotopic (exact) mass is 262 g/mol. The second kappa shape index (κ2) is 4.72. The van der Waals surface area contributed by atoms with Crippen LogP contribution in [0.3, 0.4) is 0 Å². The van der Waals surface area contributed by atoms with Gasteiger partial charge in [0, 0.05) is 6.54 Å². The highest BCUT2D eigenvalue weighted by Gasteiger charge is 2.47. The molecular weight excluding hydrogens is 244 g/mol. The van der Waals surface area contributed by atoms with Crippen LogP contribution in [-0.4, -0.2) is 40.2 Å². The van der Waals surface area contributed by atoms with Crippen LogP contribution in [0.4, 0.5) is 0 Å². The Balaban J connectivity index is 1.87. The Morgan fingerprint density at radius 3 is 2.89 bits per heavy atom. The van der Waals surface area contributed by atoms with Crippen molar-refractivity contribution in [1.82, 2.24) is 9.80 Å². The summed E-state index contributed by atoms with van der Waals surface area (Å²) in [4.78, 5) is 28.4. The van der Waals surface area contributed by atoms with Crippen molar-refractivity contribution in [2.24, 2.45) is 0 Å². The lowest BCUT2D eigenvalue weighted by Gasteiger charge is -2.41. The molecule has 3 rings (SSSR count). The van der Waals surface area contributed by atoms with E-state index in [4.69, 9.17) is 4.42 Å². The molecule has 5 nitrogen and oxygen atoms in total. The van der Waals surface area contributed by atoms with Crippen LogP contribution in [0.25, 0.3) is 0 Å². The van der Waals surface area contributed by atoms with Crippen molar-refractivity contribution in [2.75, 3.05) is 6.54 Å². The number of rotatable bonds is 3. The van der Waals surface area contributed by atoms with Crippen molar-refractivity contribution >= 4 is 11.8 Å². The Kier molecular flexibility index (Phi) is 3.05. The van der Waals surface area contributed by atoms with Crippen LogP contribution in [0.2, 0.25) is 0 Å². The molecule has 2 atom stereocenters. The predicted octanol–water partition coefficient (Wildman–Crippen LogP) is 1.39. The van der Waals surface area contributed by atoms with Gasteiger partial charge in [-0.15, -0.1) is 0 Å². The van der Waals surface area contributed by atoms with Gasteiger partial charge < -0.3 is 14.2 Å². The number of furan rings is 1. The van der Waals surface area contributed by atoms with Gasteiger partial charge >= 0.3 is 0 Å². The molecule has 2 saturated heterocycles. The zero-order chi connectivity index (χ0) is 13.4. The Labute approximate surface area is 112 Å². The fourth-order valence-electron chi connectivity index (χ4n) is 3.11. The highest BCUT2D eigenvalue weighted by atomic mass is 16.3. The lowest BCUT2D eigenvalue weighted by molar-refractivity contribution is -0.160. The summed E-state index contributed by atoms with van der Waals surface area (Å²) in [5, 5.41) is 0. The number of fused-ring (bicyclic) bond motifs is 1. The van der Waals surface area contributed by atoms with E-state index < -0.39 is 0 Å². The number of piperazine rings is 1. The Morgan fingerprint density at radius 1 is 1.37 bits per heavy atom. The van der Waals surface area contributed by atoms with Crippen LogP contribution in [0, 0.1) is 0 Å². The van der Waals surface area contributed by atoms with E-state index in [1.807, 2.05) is 13.0 Å². The maximum Gasteiger partial charge on any atom is 0.246 e. The molecule has 0 saturated carbocycles. The molecule has 19 heavy (non-hydrogen) atoms. The number of nitrogens with zero attached hydrogens (tertiary/aromatic N) is 2. The fraction of sp³-hybridized carbons (Fsp3) is 0.571. The third-order valence-corrected chi connectivity index (χ3v) is 4.06. The first kappa shape index (κ1) is 12.3. The normalized spacial score (nSPS) is 27.0. The predicted molar refractivity (Wildman–Crippen MR) is 68.1 cm³/mol. The molecule has 0 N–H and O–H groups in total. The molecule has 1 aromatic rings. The molecule has 2 fully saturated rings. The summed E-state index contributed by atoms with van der Waals surface area (Å²) in [5.41, 5.74) is 0. The van der Waals surface area contributed by atoms with E-state index in [2.05, 4.69) is 0 Å². The van der Waals surface area contributed by atoms with Crippen LogP contribution in [0.15, 0.2) is 22.8 Å². The molecule has 0 aromatic carbocycles. The molecule has 0 radical (unpaired) electrons. The van der Waals surface area contributed by atoms with Gasteiger partial charge in [-0.25, -0.2) is 0 Å². The lowest BCUT2D eigenvalue weighted by Crippen LogP contribution is -2.62. The standard InChI is InChI=1S/C14H18N2O3/c1-2-11-13(17)15-7-3-6-12(15)14(18)16(11)9-10-5-4-8-19-10/h4-5,8,11-12H,2-3,6-7,9H2,1H3. The van der Waals surface area contributed by atoms with Crippen LogP contribution in [0.1, 0.15) is 31.9 Å². The van der Waals surface area contributed by atoms with Gasteiger partial charge in [0.25, 0.3) is 0 Å². The first-order valence-corrected chi connectivity index (χ1v) is 6.85. The van der Waals surface area contributed by atoms with Crippen LogP contribution < -0.4 is 0 Å². The first-order chi connectivity index (χ1) is 9.22. The van der Waals surface area contributed by atoms with E-state index in [-0.39, 0.29) is 23.9 Å². The average Bonchev–Trinajstić information content (AvgIpc) is 3.07. The molecule has 2 aliphatic rings. The largest absolute Gasteiger partial charge is 0.467 e. The third-order valence-electron chi connectivity index (χ3n) is 4.06. The molecule has 0 bridgehead atoms. The minimum absolute atomic E-state index is 0.0698. The van der Waals surface area contributed by atoms with Crippen molar-refractivity contribution in [3.8, 4) is 0 Å². The second-order valence-electron chi connectivity index (χ2n) is 5.16. The zero-order valence-electron chi connectivity index (χ0n) is 11.0. The number of carbonyl (C=O) groups excluding carboxylic acids is 2. The second-order valence-corrected chi connectivity index (χ2v) is 5.16. The first-order valence-electron chi connectivity index (χ1n) is 6.85. The maximum absolute atomic E-state index is 12.5. The van der Waals surface area contributed by atoms with Crippen molar-refractivity contribution < 1.29 is 14.0 Å². The molecule has 3 heterocycles. The maximum atomic E-state index is 12.5. The summed E-state index contributed by atoms with van der Waals surface area (Å²) in [6.45, 7) is 3.06. The number of amides is 2. The Morgan fingerprint density at radius 2 is 2.21 bits per heavy atom. The molecule has 2 amide bonds. The minimum atomic E-state index is -0.341. The van der Waals surface area contributed by atoms with E-state index in [9.17, 15) is 9.59 Å². The molecule has 102 valence electrons. The SMILES string of the molecule is CCC1C(=O)N2CCCC2C(=O)N1Cc1ccco1. The van der Waals surface area contributed by atoms with Crippen LogP contribution >= 0.6 is 0 Å². The molecule has 2 aliphatic heterocycles. The van der Waals surface area contributed by atoms with E-state index in [1.54, 1.807) is 22.1 Å². The molecule has 0 spiro atoms. The highest BCUT2D eigenvalue weighted by molar-refractivity contribution is 5.97. The van der Waals surface area contributed by atoms with Gasteiger partial charge in [-0.3, -0.25) is 9.59 Å². The quantitative estimate of drug-likeness (QED) is 0.827. The summed E-state index contributed by atoms with van der Waals surface area (Å²) in [6.07, 6.45) is 3.95.